The second-order valence-corrected chi connectivity index (χ2v) is 8.29. The van der Waals surface area contributed by atoms with Gasteiger partial charge in [-0.25, -0.2) is 4.39 Å². The third-order valence-corrected chi connectivity index (χ3v) is 6.07. The Bertz CT molecular complexity index is 1180. The van der Waals surface area contributed by atoms with E-state index in [1.165, 1.54) is 18.2 Å². The first kappa shape index (κ1) is 23.3. The van der Waals surface area contributed by atoms with Crippen molar-refractivity contribution in [2.45, 2.75) is 13.3 Å². The SMILES string of the molecule is COc1ccc(N2CCCN(C(=O)c3ccc(C)c(NC(=O)c4ccccc4F)c3)CC2)cc1. The van der Waals surface area contributed by atoms with Gasteiger partial charge in [-0.3, -0.25) is 9.59 Å². The van der Waals surface area contributed by atoms with Crippen LogP contribution in [0.15, 0.2) is 66.7 Å². The summed E-state index contributed by atoms with van der Waals surface area (Å²) in [6, 6.07) is 19.0. The van der Waals surface area contributed by atoms with Crippen molar-refractivity contribution in [2.24, 2.45) is 0 Å². The van der Waals surface area contributed by atoms with Crippen LogP contribution in [0.4, 0.5) is 15.8 Å². The Kier molecular flexibility index (Phi) is 7.11. The first-order valence-electron chi connectivity index (χ1n) is 11.3. The highest BCUT2D eigenvalue weighted by Gasteiger charge is 2.22. The second-order valence-electron chi connectivity index (χ2n) is 8.29. The highest BCUT2D eigenvalue weighted by molar-refractivity contribution is 6.05. The zero-order valence-electron chi connectivity index (χ0n) is 19.4. The minimum absolute atomic E-state index is 0.0372. The van der Waals surface area contributed by atoms with Crippen LogP contribution < -0.4 is 15.0 Å². The first-order valence-corrected chi connectivity index (χ1v) is 11.3. The molecular weight excluding hydrogens is 433 g/mol. The average molecular weight is 462 g/mol. The lowest BCUT2D eigenvalue weighted by molar-refractivity contribution is 0.0766. The number of halogens is 1. The van der Waals surface area contributed by atoms with E-state index in [1.54, 1.807) is 31.4 Å². The van der Waals surface area contributed by atoms with Crippen LogP contribution in [0.3, 0.4) is 0 Å². The largest absolute Gasteiger partial charge is 0.497 e. The quantitative estimate of drug-likeness (QED) is 0.596. The number of hydrogen-bond acceptors (Lipinski definition) is 4. The standard InChI is InChI=1S/C27H28FN3O3/c1-19-8-9-20(18-25(19)29-26(32)23-6-3-4-7-24(23)28)27(33)31-15-5-14-30(16-17-31)21-10-12-22(34-2)13-11-21/h3-4,6-13,18H,5,14-17H2,1-2H3,(H,29,32). The lowest BCUT2D eigenvalue weighted by Gasteiger charge is -2.24. The summed E-state index contributed by atoms with van der Waals surface area (Å²) in [5.74, 6) is -0.405. The molecule has 176 valence electrons. The number of amides is 2. The Hall–Kier alpha value is -3.87. The highest BCUT2D eigenvalue weighted by Crippen LogP contribution is 2.23. The van der Waals surface area contributed by atoms with Gasteiger partial charge in [-0.1, -0.05) is 18.2 Å². The normalized spacial score (nSPS) is 13.9. The number of benzene rings is 3. The Morgan fingerprint density at radius 1 is 0.941 bits per heavy atom. The molecule has 4 rings (SSSR count). The van der Waals surface area contributed by atoms with E-state index in [1.807, 2.05) is 36.1 Å². The molecule has 0 unspecified atom stereocenters. The van der Waals surface area contributed by atoms with Crippen LogP contribution in [0.5, 0.6) is 5.75 Å². The number of carbonyl (C=O) groups is 2. The molecule has 2 amide bonds. The topological polar surface area (TPSA) is 61.9 Å². The van der Waals surface area contributed by atoms with Crippen LogP contribution in [-0.4, -0.2) is 50.0 Å². The fraction of sp³-hybridized carbons (Fsp3) is 0.259. The molecule has 0 aliphatic carbocycles. The number of rotatable bonds is 5. The Labute approximate surface area is 198 Å². The molecule has 3 aromatic carbocycles. The van der Waals surface area contributed by atoms with Gasteiger partial charge in [0.15, 0.2) is 0 Å². The van der Waals surface area contributed by atoms with Gasteiger partial charge >= 0.3 is 0 Å². The van der Waals surface area contributed by atoms with E-state index in [-0.39, 0.29) is 11.5 Å². The van der Waals surface area contributed by atoms with Crippen LogP contribution in [-0.2, 0) is 0 Å². The zero-order chi connectivity index (χ0) is 24.1. The molecule has 1 heterocycles. The summed E-state index contributed by atoms with van der Waals surface area (Å²) in [5, 5.41) is 2.75. The summed E-state index contributed by atoms with van der Waals surface area (Å²) in [6.45, 7) is 4.66. The molecule has 0 bridgehead atoms. The van der Waals surface area contributed by atoms with E-state index in [2.05, 4.69) is 10.2 Å². The van der Waals surface area contributed by atoms with Crippen molar-refractivity contribution in [3.63, 3.8) is 0 Å². The maximum Gasteiger partial charge on any atom is 0.258 e. The fourth-order valence-corrected chi connectivity index (χ4v) is 4.08. The Morgan fingerprint density at radius 2 is 1.71 bits per heavy atom. The van der Waals surface area contributed by atoms with Crippen LogP contribution in [0.1, 0.15) is 32.7 Å². The molecule has 0 saturated carbocycles. The van der Waals surface area contributed by atoms with Crippen molar-refractivity contribution >= 4 is 23.2 Å². The maximum atomic E-state index is 14.0. The van der Waals surface area contributed by atoms with E-state index >= 15 is 0 Å². The molecule has 0 aromatic heterocycles. The third kappa shape index (κ3) is 5.20. The molecule has 1 aliphatic rings. The summed E-state index contributed by atoms with van der Waals surface area (Å²) >= 11 is 0. The van der Waals surface area contributed by atoms with Crippen molar-refractivity contribution in [1.29, 1.82) is 0 Å². The van der Waals surface area contributed by atoms with Crippen LogP contribution in [0.25, 0.3) is 0 Å². The maximum absolute atomic E-state index is 14.0. The van der Waals surface area contributed by atoms with Crippen LogP contribution in [0.2, 0.25) is 0 Å². The van der Waals surface area contributed by atoms with Gasteiger partial charge in [0.1, 0.15) is 11.6 Å². The molecule has 0 atom stereocenters. The number of hydrogen-bond donors (Lipinski definition) is 1. The zero-order valence-corrected chi connectivity index (χ0v) is 19.4. The van der Waals surface area contributed by atoms with Crippen LogP contribution >= 0.6 is 0 Å². The van der Waals surface area contributed by atoms with Crippen molar-refractivity contribution < 1.29 is 18.7 Å². The second kappa shape index (κ2) is 10.4. The predicted molar refractivity (Wildman–Crippen MR) is 131 cm³/mol. The third-order valence-electron chi connectivity index (χ3n) is 6.07. The van der Waals surface area contributed by atoms with Crippen molar-refractivity contribution in [2.75, 3.05) is 43.5 Å². The smallest absolute Gasteiger partial charge is 0.258 e. The van der Waals surface area contributed by atoms with Gasteiger partial charge in [0.05, 0.1) is 12.7 Å². The van der Waals surface area contributed by atoms with E-state index in [9.17, 15) is 14.0 Å². The van der Waals surface area contributed by atoms with Crippen LogP contribution in [0, 0.1) is 12.7 Å². The Morgan fingerprint density at radius 3 is 2.44 bits per heavy atom. The summed E-state index contributed by atoms with van der Waals surface area (Å²) in [7, 11) is 1.65. The highest BCUT2D eigenvalue weighted by atomic mass is 19.1. The van der Waals surface area contributed by atoms with E-state index in [0.717, 1.165) is 36.5 Å². The van der Waals surface area contributed by atoms with Crippen molar-refractivity contribution in [3.8, 4) is 5.75 Å². The molecule has 1 N–H and O–H groups in total. The lowest BCUT2D eigenvalue weighted by Crippen LogP contribution is -2.35. The molecule has 0 spiro atoms. The van der Waals surface area contributed by atoms with Gasteiger partial charge < -0.3 is 19.9 Å². The molecule has 34 heavy (non-hydrogen) atoms. The van der Waals surface area contributed by atoms with Gasteiger partial charge in [-0.2, -0.15) is 0 Å². The average Bonchev–Trinajstić information content (AvgIpc) is 3.11. The number of ether oxygens (including phenoxy) is 1. The summed E-state index contributed by atoms with van der Waals surface area (Å²) in [5.41, 5.74) is 2.84. The van der Waals surface area contributed by atoms with Gasteiger partial charge in [0, 0.05) is 43.1 Å². The first-order chi connectivity index (χ1) is 16.5. The number of anilines is 2. The fourth-order valence-electron chi connectivity index (χ4n) is 4.08. The monoisotopic (exact) mass is 461 g/mol. The van der Waals surface area contributed by atoms with E-state index in [4.69, 9.17) is 4.74 Å². The molecular formula is C27H28FN3O3. The van der Waals surface area contributed by atoms with Gasteiger partial charge in [-0.15, -0.1) is 0 Å². The minimum atomic E-state index is -0.587. The molecule has 3 aromatic rings. The van der Waals surface area contributed by atoms with E-state index in [0.29, 0.717) is 24.3 Å². The van der Waals surface area contributed by atoms with E-state index < -0.39 is 11.7 Å². The number of carbonyl (C=O) groups excluding carboxylic acids is 2. The molecule has 1 aliphatic heterocycles. The minimum Gasteiger partial charge on any atom is -0.497 e. The number of nitrogens with one attached hydrogen (secondary N) is 1. The molecule has 1 saturated heterocycles. The molecule has 7 heteroatoms. The summed E-state index contributed by atoms with van der Waals surface area (Å²) in [4.78, 5) is 29.9. The van der Waals surface area contributed by atoms with Gasteiger partial charge in [0.25, 0.3) is 11.8 Å². The Balaban J connectivity index is 1.45. The molecule has 1 fully saturated rings. The number of aryl methyl sites for hydroxylation is 1. The summed E-state index contributed by atoms with van der Waals surface area (Å²) in [6.07, 6.45) is 0.848. The molecule has 6 nitrogen and oxygen atoms in total. The lowest BCUT2D eigenvalue weighted by atomic mass is 10.1. The van der Waals surface area contributed by atoms with Crippen molar-refractivity contribution in [3.05, 3.63) is 89.2 Å². The summed E-state index contributed by atoms with van der Waals surface area (Å²) < 4.78 is 19.2. The number of nitrogens with zero attached hydrogens (tertiary/aromatic N) is 2. The van der Waals surface area contributed by atoms with Crippen molar-refractivity contribution in [1.82, 2.24) is 4.90 Å². The number of methoxy groups -OCH3 is 1. The molecule has 0 radical (unpaired) electrons. The predicted octanol–water partition coefficient (Wildman–Crippen LogP) is 4.75. The van der Waals surface area contributed by atoms with Gasteiger partial charge in [0.2, 0.25) is 0 Å². The van der Waals surface area contributed by atoms with Gasteiger partial charge in [-0.05, 0) is 67.4 Å².